The first-order chi connectivity index (χ1) is 10.7. The molecule has 0 aliphatic heterocycles. The number of hydrogen-bond donors (Lipinski definition) is 1. The van der Waals surface area contributed by atoms with Crippen LogP contribution in [0.15, 0.2) is 59.1 Å². The van der Waals surface area contributed by atoms with E-state index in [9.17, 15) is 4.79 Å². The topological polar surface area (TPSA) is 76.2 Å². The van der Waals surface area contributed by atoms with Crippen LogP contribution in [-0.2, 0) is 11.2 Å². The molecule has 5 nitrogen and oxygen atoms in total. The van der Waals surface area contributed by atoms with Crippen molar-refractivity contribution in [2.75, 3.05) is 0 Å². The maximum Gasteiger partial charge on any atom is 0.303 e. The molecule has 0 atom stereocenters. The Morgan fingerprint density at radius 2 is 1.59 bits per heavy atom. The lowest BCUT2D eigenvalue weighted by molar-refractivity contribution is -0.137. The van der Waals surface area contributed by atoms with Gasteiger partial charge in [0.25, 0.3) is 0 Å². The molecule has 1 aromatic heterocycles. The highest BCUT2D eigenvalue weighted by molar-refractivity contribution is 5.68. The van der Waals surface area contributed by atoms with Crippen molar-refractivity contribution in [1.82, 2.24) is 10.1 Å². The van der Waals surface area contributed by atoms with E-state index < -0.39 is 5.97 Å². The molecule has 3 rings (SSSR count). The molecule has 0 radical (unpaired) electrons. The van der Waals surface area contributed by atoms with Gasteiger partial charge in [0.1, 0.15) is 0 Å². The lowest BCUT2D eigenvalue weighted by atomic mass is 10.0. The molecule has 22 heavy (non-hydrogen) atoms. The van der Waals surface area contributed by atoms with Crippen LogP contribution in [0.4, 0.5) is 0 Å². The van der Waals surface area contributed by atoms with Crippen molar-refractivity contribution < 1.29 is 14.4 Å². The number of carboxylic acids is 1. The van der Waals surface area contributed by atoms with Crippen molar-refractivity contribution in [2.24, 2.45) is 0 Å². The highest BCUT2D eigenvalue weighted by Gasteiger charge is 2.10. The summed E-state index contributed by atoms with van der Waals surface area (Å²) in [5.41, 5.74) is 3.09. The van der Waals surface area contributed by atoms with E-state index in [2.05, 4.69) is 10.1 Å². The quantitative estimate of drug-likeness (QED) is 0.780. The fraction of sp³-hybridized carbons (Fsp3) is 0.118. The van der Waals surface area contributed by atoms with Crippen molar-refractivity contribution in [3.05, 3.63) is 60.5 Å². The van der Waals surface area contributed by atoms with Gasteiger partial charge in [-0.3, -0.25) is 4.79 Å². The second kappa shape index (κ2) is 6.22. The molecule has 3 aromatic rings. The van der Waals surface area contributed by atoms with Gasteiger partial charge in [-0.05, 0) is 11.1 Å². The highest BCUT2D eigenvalue weighted by atomic mass is 16.5. The van der Waals surface area contributed by atoms with Crippen molar-refractivity contribution in [3.8, 4) is 22.5 Å². The number of rotatable bonds is 5. The number of carboxylic acid groups (broad SMARTS) is 1. The van der Waals surface area contributed by atoms with Crippen LogP contribution in [0.1, 0.15) is 12.3 Å². The Kier molecular flexibility index (Phi) is 3.96. The van der Waals surface area contributed by atoms with E-state index in [-0.39, 0.29) is 12.8 Å². The number of benzene rings is 2. The average Bonchev–Trinajstić information content (AvgIpc) is 3.03. The number of aromatic nitrogens is 2. The smallest absolute Gasteiger partial charge is 0.303 e. The van der Waals surface area contributed by atoms with E-state index in [1.165, 1.54) is 0 Å². The average molecular weight is 294 g/mol. The van der Waals surface area contributed by atoms with Gasteiger partial charge in [-0.15, -0.1) is 0 Å². The van der Waals surface area contributed by atoms with Crippen molar-refractivity contribution in [1.29, 1.82) is 0 Å². The fourth-order valence-corrected chi connectivity index (χ4v) is 2.13. The molecule has 110 valence electrons. The molecular formula is C17H14N2O3. The van der Waals surface area contributed by atoms with E-state index in [1.807, 2.05) is 54.6 Å². The lowest BCUT2D eigenvalue weighted by Gasteiger charge is -2.01. The van der Waals surface area contributed by atoms with Crippen LogP contribution in [-0.4, -0.2) is 21.2 Å². The molecule has 0 saturated carbocycles. The van der Waals surface area contributed by atoms with Gasteiger partial charge in [-0.2, -0.15) is 4.98 Å². The Morgan fingerprint density at radius 3 is 2.27 bits per heavy atom. The number of aryl methyl sites for hydroxylation is 1. The predicted octanol–water partition coefficient (Wildman–Crippen LogP) is 3.42. The second-order valence-corrected chi connectivity index (χ2v) is 4.85. The lowest BCUT2D eigenvalue weighted by Crippen LogP contribution is -1.97. The Bertz CT molecular complexity index is 764. The van der Waals surface area contributed by atoms with E-state index >= 15 is 0 Å². The fourth-order valence-electron chi connectivity index (χ4n) is 2.13. The summed E-state index contributed by atoms with van der Waals surface area (Å²) in [4.78, 5) is 14.7. The first-order valence-electron chi connectivity index (χ1n) is 6.92. The summed E-state index contributed by atoms with van der Waals surface area (Å²) < 4.78 is 5.06. The molecule has 0 fully saturated rings. The van der Waals surface area contributed by atoms with E-state index in [0.717, 1.165) is 16.7 Å². The molecule has 2 aromatic carbocycles. The van der Waals surface area contributed by atoms with Gasteiger partial charge in [0, 0.05) is 12.0 Å². The van der Waals surface area contributed by atoms with Gasteiger partial charge >= 0.3 is 5.97 Å². The monoisotopic (exact) mass is 294 g/mol. The maximum absolute atomic E-state index is 10.5. The molecule has 0 spiro atoms. The third kappa shape index (κ3) is 3.20. The molecule has 1 heterocycles. The van der Waals surface area contributed by atoms with Crippen LogP contribution < -0.4 is 0 Å². The zero-order valence-electron chi connectivity index (χ0n) is 11.8. The summed E-state index contributed by atoms with van der Waals surface area (Å²) in [6.07, 6.45) is 0.221. The van der Waals surface area contributed by atoms with Gasteiger partial charge in [-0.1, -0.05) is 59.8 Å². The standard InChI is InChI=1S/C17H14N2O3/c20-16(21)11-10-15-18-17(19-22-15)14-8-6-13(7-9-14)12-4-2-1-3-5-12/h1-9H,10-11H2,(H,20,21). The molecule has 0 amide bonds. The zero-order valence-corrected chi connectivity index (χ0v) is 11.8. The summed E-state index contributed by atoms with van der Waals surface area (Å²) in [5, 5.41) is 12.5. The third-order valence-electron chi connectivity index (χ3n) is 3.27. The Hall–Kier alpha value is -2.95. The van der Waals surface area contributed by atoms with Crippen LogP contribution >= 0.6 is 0 Å². The van der Waals surface area contributed by atoms with Crippen LogP contribution in [0.3, 0.4) is 0 Å². The minimum Gasteiger partial charge on any atom is -0.481 e. The molecular weight excluding hydrogens is 280 g/mol. The van der Waals surface area contributed by atoms with E-state index in [0.29, 0.717) is 11.7 Å². The molecule has 0 aliphatic rings. The molecule has 5 heteroatoms. The highest BCUT2D eigenvalue weighted by Crippen LogP contribution is 2.23. The first-order valence-corrected chi connectivity index (χ1v) is 6.92. The van der Waals surface area contributed by atoms with Gasteiger partial charge < -0.3 is 9.63 Å². The van der Waals surface area contributed by atoms with Gasteiger partial charge in [-0.25, -0.2) is 0 Å². The largest absolute Gasteiger partial charge is 0.481 e. The van der Waals surface area contributed by atoms with Crippen molar-refractivity contribution in [3.63, 3.8) is 0 Å². The van der Waals surface area contributed by atoms with Gasteiger partial charge in [0.2, 0.25) is 11.7 Å². The van der Waals surface area contributed by atoms with Crippen LogP contribution in [0.25, 0.3) is 22.5 Å². The molecule has 0 saturated heterocycles. The maximum atomic E-state index is 10.5. The minimum atomic E-state index is -0.882. The molecule has 0 unspecified atom stereocenters. The number of aliphatic carboxylic acids is 1. The Balaban J connectivity index is 1.77. The first kappa shape index (κ1) is 14.0. The zero-order chi connectivity index (χ0) is 15.4. The Labute approximate surface area is 127 Å². The number of nitrogens with zero attached hydrogens (tertiary/aromatic N) is 2. The van der Waals surface area contributed by atoms with Crippen molar-refractivity contribution in [2.45, 2.75) is 12.8 Å². The molecule has 0 aliphatic carbocycles. The molecule has 1 N–H and O–H groups in total. The summed E-state index contributed by atoms with van der Waals surface area (Å²) >= 11 is 0. The van der Waals surface area contributed by atoms with Gasteiger partial charge in [0.15, 0.2) is 0 Å². The SMILES string of the molecule is O=C(O)CCc1nc(-c2ccc(-c3ccccc3)cc2)no1. The summed E-state index contributed by atoms with van der Waals surface area (Å²) in [6.45, 7) is 0. The normalized spacial score (nSPS) is 10.5. The molecule has 0 bridgehead atoms. The Morgan fingerprint density at radius 1 is 0.955 bits per heavy atom. The summed E-state index contributed by atoms with van der Waals surface area (Å²) in [7, 11) is 0. The van der Waals surface area contributed by atoms with Crippen molar-refractivity contribution >= 4 is 5.97 Å². The summed E-state index contributed by atoms with van der Waals surface area (Å²) in [5.74, 6) is -0.0727. The third-order valence-corrected chi connectivity index (χ3v) is 3.27. The summed E-state index contributed by atoms with van der Waals surface area (Å²) in [6, 6.07) is 17.9. The van der Waals surface area contributed by atoms with E-state index in [4.69, 9.17) is 9.63 Å². The van der Waals surface area contributed by atoms with Gasteiger partial charge in [0.05, 0.1) is 6.42 Å². The second-order valence-electron chi connectivity index (χ2n) is 4.85. The van der Waals surface area contributed by atoms with Crippen LogP contribution in [0, 0.1) is 0 Å². The predicted molar refractivity (Wildman–Crippen MR) is 81.1 cm³/mol. The number of hydrogen-bond acceptors (Lipinski definition) is 4. The number of carbonyl (C=O) groups is 1. The van der Waals surface area contributed by atoms with Crippen LogP contribution in [0.2, 0.25) is 0 Å². The van der Waals surface area contributed by atoms with E-state index in [1.54, 1.807) is 0 Å². The minimum absolute atomic E-state index is 0.0193. The van der Waals surface area contributed by atoms with Crippen LogP contribution in [0.5, 0.6) is 0 Å².